The van der Waals surface area contributed by atoms with Crippen molar-refractivity contribution in [3.8, 4) is 0 Å². The van der Waals surface area contributed by atoms with E-state index < -0.39 is 16.6 Å². The minimum atomic E-state index is -1.46. The van der Waals surface area contributed by atoms with E-state index in [2.05, 4.69) is 64.3 Å². The van der Waals surface area contributed by atoms with Crippen LogP contribution in [-0.4, -0.2) is 16.6 Å². The van der Waals surface area contributed by atoms with Gasteiger partial charge in [0, 0.05) is 0 Å². The van der Waals surface area contributed by atoms with Gasteiger partial charge in [-0.2, -0.15) is 0 Å². The second-order valence-corrected chi connectivity index (χ2v) is 16.0. The summed E-state index contributed by atoms with van der Waals surface area (Å²) >= 11 is 0. The quantitative estimate of drug-likeness (QED) is 0.614. The molecule has 0 aliphatic heterocycles. The molecule has 1 unspecified atom stereocenters. The topological polar surface area (TPSA) is 9.23 Å². The number of benzene rings is 1. The summed E-state index contributed by atoms with van der Waals surface area (Å²) in [6.07, 6.45) is 2.46. The molecule has 3 heteroatoms. The van der Waals surface area contributed by atoms with E-state index in [1.807, 2.05) is 0 Å². The van der Waals surface area contributed by atoms with Crippen LogP contribution in [0.1, 0.15) is 24.5 Å². The number of hydrogen-bond acceptors (Lipinski definition) is 1. The molecule has 0 N–H and O–H groups in total. The van der Waals surface area contributed by atoms with E-state index in [1.165, 1.54) is 36.1 Å². The Morgan fingerprint density at radius 1 is 1.00 bits per heavy atom. The molecule has 0 radical (unpaired) electrons. The predicted molar refractivity (Wildman–Crippen MR) is 90.8 cm³/mol. The highest BCUT2D eigenvalue weighted by Crippen LogP contribution is 2.24. The molecular formula is C16H30OSi2. The van der Waals surface area contributed by atoms with E-state index in [-0.39, 0.29) is 0 Å². The summed E-state index contributed by atoms with van der Waals surface area (Å²) in [6.45, 7) is 13.8. The van der Waals surface area contributed by atoms with Crippen LogP contribution >= 0.6 is 0 Å². The van der Waals surface area contributed by atoms with Gasteiger partial charge in [-0.3, -0.25) is 0 Å². The molecule has 1 aromatic carbocycles. The molecule has 0 aliphatic rings. The van der Waals surface area contributed by atoms with Crippen molar-refractivity contribution < 1.29 is 4.12 Å². The monoisotopic (exact) mass is 294 g/mol. The first kappa shape index (κ1) is 16.7. The van der Waals surface area contributed by atoms with Gasteiger partial charge in [0.15, 0.2) is 16.6 Å². The van der Waals surface area contributed by atoms with Gasteiger partial charge in [-0.25, -0.2) is 0 Å². The van der Waals surface area contributed by atoms with Crippen LogP contribution in [0.2, 0.25) is 38.3 Å². The third-order valence-corrected chi connectivity index (χ3v) is 10.9. The number of rotatable bonds is 7. The van der Waals surface area contributed by atoms with E-state index in [9.17, 15) is 0 Å². The Kier molecular flexibility index (Phi) is 6.02. The Hall–Kier alpha value is -0.386. The maximum Gasteiger partial charge on any atom is 0.176 e. The maximum atomic E-state index is 6.51. The summed E-state index contributed by atoms with van der Waals surface area (Å²) < 4.78 is 6.51. The lowest BCUT2D eigenvalue weighted by Crippen LogP contribution is -2.44. The van der Waals surface area contributed by atoms with Gasteiger partial charge in [0.2, 0.25) is 0 Å². The van der Waals surface area contributed by atoms with Crippen molar-refractivity contribution in [1.82, 2.24) is 0 Å². The zero-order chi connectivity index (χ0) is 14.5. The summed E-state index contributed by atoms with van der Waals surface area (Å²) in [7, 11) is -2.85. The maximum absolute atomic E-state index is 6.51. The molecule has 0 fully saturated rings. The number of aryl methyl sites for hydroxylation is 2. The lowest BCUT2D eigenvalue weighted by atomic mass is 10.1. The summed E-state index contributed by atoms with van der Waals surface area (Å²) in [5.74, 6) is 0. The zero-order valence-electron chi connectivity index (χ0n) is 13.5. The first-order valence-corrected chi connectivity index (χ1v) is 13.7. The molecule has 0 saturated carbocycles. The van der Waals surface area contributed by atoms with Crippen LogP contribution in [-0.2, 0) is 10.5 Å². The van der Waals surface area contributed by atoms with Gasteiger partial charge < -0.3 is 4.12 Å². The fourth-order valence-corrected chi connectivity index (χ4v) is 10.6. The largest absolute Gasteiger partial charge is 0.456 e. The zero-order valence-corrected chi connectivity index (χ0v) is 15.5. The normalized spacial score (nSPS) is 15.3. The summed E-state index contributed by atoms with van der Waals surface area (Å²) in [6, 6.07) is 11.5. The molecule has 0 heterocycles. The Morgan fingerprint density at radius 3 is 2.05 bits per heavy atom. The van der Waals surface area contributed by atoms with Crippen LogP contribution in [0.3, 0.4) is 0 Å². The van der Waals surface area contributed by atoms with Gasteiger partial charge in [-0.15, -0.1) is 0 Å². The van der Waals surface area contributed by atoms with Crippen molar-refractivity contribution in [1.29, 1.82) is 0 Å². The molecule has 1 nitrogen and oxygen atoms in total. The predicted octanol–water partition coefficient (Wildman–Crippen LogP) is 5.37. The van der Waals surface area contributed by atoms with Gasteiger partial charge in [0.25, 0.3) is 0 Å². The van der Waals surface area contributed by atoms with Gasteiger partial charge in [-0.1, -0.05) is 36.8 Å². The molecule has 0 aliphatic carbocycles. The first-order chi connectivity index (χ1) is 8.74. The summed E-state index contributed by atoms with van der Waals surface area (Å²) in [5, 5.41) is 0. The van der Waals surface area contributed by atoms with Crippen LogP contribution in [0.15, 0.2) is 24.3 Å². The van der Waals surface area contributed by atoms with Crippen molar-refractivity contribution in [3.63, 3.8) is 0 Å². The van der Waals surface area contributed by atoms with Crippen molar-refractivity contribution in [2.24, 2.45) is 0 Å². The average molecular weight is 295 g/mol. The summed E-state index contributed by atoms with van der Waals surface area (Å²) in [4.78, 5) is 0. The van der Waals surface area contributed by atoms with Crippen LogP contribution in [0.25, 0.3) is 0 Å². The van der Waals surface area contributed by atoms with Crippen LogP contribution in [0.5, 0.6) is 0 Å². The van der Waals surface area contributed by atoms with Gasteiger partial charge >= 0.3 is 0 Å². The van der Waals surface area contributed by atoms with Gasteiger partial charge in [-0.05, 0) is 63.6 Å². The average Bonchev–Trinajstić information content (AvgIpc) is 2.29. The second-order valence-electron chi connectivity index (χ2n) is 6.86. The Labute approximate surface area is 121 Å². The molecule has 0 aromatic heterocycles. The fourth-order valence-electron chi connectivity index (χ4n) is 2.46. The van der Waals surface area contributed by atoms with Crippen LogP contribution < -0.4 is 0 Å². The molecule has 19 heavy (non-hydrogen) atoms. The van der Waals surface area contributed by atoms with Crippen LogP contribution in [0.4, 0.5) is 0 Å². The third-order valence-electron chi connectivity index (χ3n) is 3.59. The minimum Gasteiger partial charge on any atom is -0.456 e. The standard InChI is InChI=1S/C16H30OSi2/c1-7-19(6,17-18(3,4)5)14-8-9-16-12-10-15(2)11-13-16/h10-13H,7-9,14H2,1-6H3. The SMILES string of the molecule is CC[Si](C)(CCCc1ccc(C)cc1)O[Si](C)(C)C. The molecule has 0 spiro atoms. The van der Waals surface area contributed by atoms with Crippen molar-refractivity contribution in [2.75, 3.05) is 0 Å². The molecule has 1 atom stereocenters. The molecule has 108 valence electrons. The lowest BCUT2D eigenvalue weighted by molar-refractivity contribution is 0.535. The van der Waals surface area contributed by atoms with Crippen molar-refractivity contribution in [3.05, 3.63) is 35.4 Å². The number of hydrogen-bond donors (Lipinski definition) is 0. The molecular weight excluding hydrogens is 264 g/mol. The van der Waals surface area contributed by atoms with E-state index in [4.69, 9.17) is 4.12 Å². The smallest absolute Gasteiger partial charge is 0.176 e. The minimum absolute atomic E-state index is 1.19. The van der Waals surface area contributed by atoms with Gasteiger partial charge in [0.1, 0.15) is 0 Å². The molecule has 1 rings (SSSR count). The summed E-state index contributed by atoms with van der Waals surface area (Å²) in [5.41, 5.74) is 2.81. The highest BCUT2D eigenvalue weighted by atomic mass is 28.4. The van der Waals surface area contributed by atoms with E-state index in [0.29, 0.717) is 0 Å². The van der Waals surface area contributed by atoms with Crippen LogP contribution in [0, 0.1) is 6.92 Å². The van der Waals surface area contributed by atoms with Crippen molar-refractivity contribution >= 4 is 16.6 Å². The molecule has 0 bridgehead atoms. The molecule has 0 saturated heterocycles. The Morgan fingerprint density at radius 2 is 1.58 bits per heavy atom. The highest BCUT2D eigenvalue weighted by molar-refractivity contribution is 6.84. The Bertz CT molecular complexity index is 381. The lowest BCUT2D eigenvalue weighted by Gasteiger charge is -2.34. The molecule has 0 amide bonds. The van der Waals surface area contributed by atoms with E-state index in [1.54, 1.807) is 0 Å². The first-order valence-electron chi connectivity index (χ1n) is 7.50. The van der Waals surface area contributed by atoms with Crippen molar-refractivity contribution in [2.45, 2.75) is 65.0 Å². The van der Waals surface area contributed by atoms with Gasteiger partial charge in [0.05, 0.1) is 0 Å². The highest BCUT2D eigenvalue weighted by Gasteiger charge is 2.31. The van der Waals surface area contributed by atoms with E-state index >= 15 is 0 Å². The third kappa shape index (κ3) is 6.55. The Balaban J connectivity index is 2.47. The fraction of sp³-hybridized carbons (Fsp3) is 0.625. The second kappa shape index (κ2) is 6.86. The molecule has 1 aromatic rings. The van der Waals surface area contributed by atoms with E-state index in [0.717, 1.165) is 0 Å².